The Balaban J connectivity index is 1.59. The van der Waals surface area contributed by atoms with Gasteiger partial charge in [0, 0.05) is 6.04 Å². The van der Waals surface area contributed by atoms with Crippen LogP contribution < -0.4 is 19.9 Å². The highest BCUT2D eigenvalue weighted by Crippen LogP contribution is 2.32. The summed E-state index contributed by atoms with van der Waals surface area (Å²) < 4.78 is 16.4. The fourth-order valence-electron chi connectivity index (χ4n) is 2.29. The number of rotatable bonds is 5. The average molecular weight is 285 g/mol. The first-order chi connectivity index (χ1) is 10.2. The number of ether oxygens (including phenoxy) is 3. The third-order valence-corrected chi connectivity index (χ3v) is 3.32. The predicted molar refractivity (Wildman–Crippen MR) is 80.7 cm³/mol. The van der Waals surface area contributed by atoms with Crippen molar-refractivity contribution in [2.75, 3.05) is 6.79 Å². The first-order valence-electron chi connectivity index (χ1n) is 7.06. The Labute approximate surface area is 124 Å². The molecule has 0 aliphatic carbocycles. The van der Waals surface area contributed by atoms with Crippen LogP contribution in [0.3, 0.4) is 0 Å². The quantitative estimate of drug-likeness (QED) is 0.917. The highest BCUT2D eigenvalue weighted by Gasteiger charge is 2.13. The SMILES string of the molecule is CC(N)Cc1ccc(OCc2ccc3c(c2)OCO3)cc1. The minimum Gasteiger partial charge on any atom is -0.489 e. The van der Waals surface area contributed by atoms with Crippen molar-refractivity contribution in [3.05, 3.63) is 53.6 Å². The molecule has 3 rings (SSSR count). The number of hydrogen-bond acceptors (Lipinski definition) is 4. The Hall–Kier alpha value is -2.20. The van der Waals surface area contributed by atoms with Crippen LogP contribution in [-0.2, 0) is 13.0 Å². The number of benzene rings is 2. The van der Waals surface area contributed by atoms with E-state index in [0.717, 1.165) is 29.2 Å². The van der Waals surface area contributed by atoms with Gasteiger partial charge in [0.1, 0.15) is 12.4 Å². The normalized spacial score (nSPS) is 14.0. The average Bonchev–Trinajstić information content (AvgIpc) is 2.93. The van der Waals surface area contributed by atoms with Gasteiger partial charge in [-0.2, -0.15) is 0 Å². The fraction of sp³-hybridized carbons (Fsp3) is 0.294. The molecule has 4 nitrogen and oxygen atoms in total. The maximum atomic E-state index is 5.79. The van der Waals surface area contributed by atoms with Gasteiger partial charge in [-0.15, -0.1) is 0 Å². The largest absolute Gasteiger partial charge is 0.489 e. The summed E-state index contributed by atoms with van der Waals surface area (Å²) in [5.74, 6) is 2.42. The van der Waals surface area contributed by atoms with Crippen molar-refractivity contribution in [1.29, 1.82) is 0 Å². The zero-order valence-electron chi connectivity index (χ0n) is 12.0. The van der Waals surface area contributed by atoms with Gasteiger partial charge in [0.2, 0.25) is 6.79 Å². The van der Waals surface area contributed by atoms with Crippen LogP contribution in [0.25, 0.3) is 0 Å². The molecule has 21 heavy (non-hydrogen) atoms. The first kappa shape index (κ1) is 13.8. The molecule has 0 saturated heterocycles. The van der Waals surface area contributed by atoms with E-state index in [1.165, 1.54) is 5.56 Å². The molecule has 2 aromatic rings. The molecule has 0 amide bonds. The molecule has 0 fully saturated rings. The van der Waals surface area contributed by atoms with E-state index in [0.29, 0.717) is 13.4 Å². The summed E-state index contributed by atoms with van der Waals surface area (Å²) in [7, 11) is 0. The summed E-state index contributed by atoms with van der Waals surface area (Å²) in [5, 5.41) is 0. The van der Waals surface area contributed by atoms with Crippen molar-refractivity contribution in [3.8, 4) is 17.2 Å². The van der Waals surface area contributed by atoms with E-state index in [1.54, 1.807) is 0 Å². The first-order valence-corrected chi connectivity index (χ1v) is 7.06. The van der Waals surface area contributed by atoms with Gasteiger partial charge >= 0.3 is 0 Å². The molecule has 0 aromatic heterocycles. The molecule has 4 heteroatoms. The van der Waals surface area contributed by atoms with Gasteiger partial charge < -0.3 is 19.9 Å². The number of fused-ring (bicyclic) bond motifs is 1. The Morgan fingerprint density at radius 3 is 2.52 bits per heavy atom. The zero-order chi connectivity index (χ0) is 14.7. The minimum absolute atomic E-state index is 0.172. The van der Waals surface area contributed by atoms with Crippen molar-refractivity contribution in [3.63, 3.8) is 0 Å². The lowest BCUT2D eigenvalue weighted by atomic mass is 10.1. The van der Waals surface area contributed by atoms with Crippen LogP contribution in [0, 0.1) is 0 Å². The molecule has 0 bridgehead atoms. The molecule has 110 valence electrons. The number of hydrogen-bond donors (Lipinski definition) is 1. The molecule has 1 aliphatic heterocycles. The summed E-state index contributed by atoms with van der Waals surface area (Å²) in [6.45, 7) is 2.80. The summed E-state index contributed by atoms with van der Waals surface area (Å²) in [5.41, 5.74) is 8.07. The van der Waals surface area contributed by atoms with E-state index < -0.39 is 0 Å². The van der Waals surface area contributed by atoms with Crippen molar-refractivity contribution in [2.45, 2.75) is 26.0 Å². The highest BCUT2D eigenvalue weighted by molar-refractivity contribution is 5.44. The van der Waals surface area contributed by atoms with Gasteiger partial charge in [-0.25, -0.2) is 0 Å². The molecule has 0 spiro atoms. The summed E-state index contributed by atoms with van der Waals surface area (Å²) in [6.07, 6.45) is 0.877. The summed E-state index contributed by atoms with van der Waals surface area (Å²) >= 11 is 0. The molecule has 1 unspecified atom stereocenters. The molecule has 1 atom stereocenters. The van der Waals surface area contributed by atoms with Gasteiger partial charge in [-0.05, 0) is 48.7 Å². The standard InChI is InChI=1S/C17H19NO3/c1-12(18)8-13-2-5-15(6-3-13)19-10-14-4-7-16-17(9-14)21-11-20-16/h2-7,9,12H,8,10-11,18H2,1H3. The maximum Gasteiger partial charge on any atom is 0.231 e. The van der Waals surface area contributed by atoms with Crippen molar-refractivity contribution in [2.24, 2.45) is 5.73 Å². The Kier molecular flexibility index (Phi) is 3.97. The lowest BCUT2D eigenvalue weighted by molar-refractivity contribution is 0.174. The van der Waals surface area contributed by atoms with Crippen LogP contribution in [0.15, 0.2) is 42.5 Å². The molecule has 1 aliphatic rings. The van der Waals surface area contributed by atoms with Gasteiger partial charge in [0.15, 0.2) is 11.5 Å². The van der Waals surface area contributed by atoms with Gasteiger partial charge in [-0.3, -0.25) is 0 Å². The van der Waals surface area contributed by atoms with Crippen molar-refractivity contribution < 1.29 is 14.2 Å². The van der Waals surface area contributed by atoms with E-state index in [4.69, 9.17) is 19.9 Å². The van der Waals surface area contributed by atoms with Crippen LogP contribution >= 0.6 is 0 Å². The molecule has 0 saturated carbocycles. The van der Waals surface area contributed by atoms with Crippen LogP contribution in [-0.4, -0.2) is 12.8 Å². The van der Waals surface area contributed by atoms with Crippen LogP contribution in [0.1, 0.15) is 18.1 Å². The zero-order valence-corrected chi connectivity index (χ0v) is 12.0. The third-order valence-electron chi connectivity index (χ3n) is 3.32. The Morgan fingerprint density at radius 2 is 1.76 bits per heavy atom. The molecule has 2 N–H and O–H groups in total. The molecular weight excluding hydrogens is 266 g/mol. The molecule has 1 heterocycles. The Bertz CT molecular complexity index is 608. The second-order valence-electron chi connectivity index (χ2n) is 5.30. The van der Waals surface area contributed by atoms with E-state index in [1.807, 2.05) is 37.3 Å². The van der Waals surface area contributed by atoms with E-state index in [-0.39, 0.29) is 6.04 Å². The summed E-state index contributed by atoms with van der Waals surface area (Å²) in [6, 6.07) is 14.1. The van der Waals surface area contributed by atoms with Gasteiger partial charge in [0.25, 0.3) is 0 Å². The Morgan fingerprint density at radius 1 is 1.05 bits per heavy atom. The van der Waals surface area contributed by atoms with Crippen LogP contribution in [0.2, 0.25) is 0 Å². The minimum atomic E-state index is 0.172. The van der Waals surface area contributed by atoms with Crippen LogP contribution in [0.4, 0.5) is 0 Å². The van der Waals surface area contributed by atoms with Gasteiger partial charge in [0.05, 0.1) is 0 Å². The monoisotopic (exact) mass is 285 g/mol. The number of nitrogens with two attached hydrogens (primary N) is 1. The smallest absolute Gasteiger partial charge is 0.231 e. The molecule has 2 aromatic carbocycles. The summed E-state index contributed by atoms with van der Waals surface area (Å²) in [4.78, 5) is 0. The topological polar surface area (TPSA) is 53.7 Å². The molecular formula is C17H19NO3. The van der Waals surface area contributed by atoms with E-state index >= 15 is 0 Å². The molecule has 0 radical (unpaired) electrons. The van der Waals surface area contributed by atoms with Crippen molar-refractivity contribution in [1.82, 2.24) is 0 Å². The van der Waals surface area contributed by atoms with Crippen molar-refractivity contribution >= 4 is 0 Å². The maximum absolute atomic E-state index is 5.79. The second-order valence-corrected chi connectivity index (χ2v) is 5.30. The predicted octanol–water partition coefficient (Wildman–Crippen LogP) is 2.88. The van der Waals surface area contributed by atoms with E-state index in [9.17, 15) is 0 Å². The van der Waals surface area contributed by atoms with Gasteiger partial charge in [-0.1, -0.05) is 18.2 Å². The highest BCUT2D eigenvalue weighted by atomic mass is 16.7. The lowest BCUT2D eigenvalue weighted by Gasteiger charge is -2.09. The fourth-order valence-corrected chi connectivity index (χ4v) is 2.29. The lowest BCUT2D eigenvalue weighted by Crippen LogP contribution is -2.17. The van der Waals surface area contributed by atoms with E-state index in [2.05, 4.69) is 12.1 Å². The second kappa shape index (κ2) is 6.06. The third kappa shape index (κ3) is 3.47. The van der Waals surface area contributed by atoms with Crippen LogP contribution in [0.5, 0.6) is 17.2 Å².